The quantitative estimate of drug-likeness (QED) is 0.830. The number of rotatable bonds is 4. The Balaban J connectivity index is 1.81. The first-order valence-electron chi connectivity index (χ1n) is 5.58. The van der Waals surface area contributed by atoms with Gasteiger partial charge in [0, 0.05) is 24.0 Å². The Morgan fingerprint density at radius 3 is 3.00 bits per heavy atom. The van der Waals surface area contributed by atoms with Crippen LogP contribution in [0.1, 0.15) is 37.1 Å². The van der Waals surface area contributed by atoms with Gasteiger partial charge in [-0.3, -0.25) is 4.79 Å². The fourth-order valence-electron chi connectivity index (χ4n) is 1.77. The predicted octanol–water partition coefficient (Wildman–Crippen LogP) is 1.24. The van der Waals surface area contributed by atoms with E-state index in [4.69, 9.17) is 5.73 Å². The normalized spacial score (nSPS) is 19.9. The van der Waals surface area contributed by atoms with Gasteiger partial charge in [0.1, 0.15) is 0 Å². The Morgan fingerprint density at radius 2 is 2.50 bits per heavy atom. The number of hydrogen-bond acceptors (Lipinski definition) is 4. The molecular formula is C11H17N3OS. The van der Waals surface area contributed by atoms with Crippen LogP contribution in [-0.2, 0) is 4.79 Å². The average molecular weight is 239 g/mol. The Bertz CT molecular complexity index is 359. The second-order valence-electron chi connectivity index (χ2n) is 4.49. The molecule has 2 rings (SSSR count). The Kier molecular flexibility index (Phi) is 3.25. The molecule has 5 heteroatoms. The minimum absolute atomic E-state index is 0.0119. The highest BCUT2D eigenvalue weighted by Gasteiger charge is 2.39. The molecule has 88 valence electrons. The van der Waals surface area contributed by atoms with Crippen LogP contribution in [0.2, 0.25) is 0 Å². The van der Waals surface area contributed by atoms with Crippen molar-refractivity contribution in [3.8, 4) is 0 Å². The van der Waals surface area contributed by atoms with E-state index in [2.05, 4.69) is 17.2 Å². The maximum Gasteiger partial charge on any atom is 0.240 e. The van der Waals surface area contributed by atoms with Gasteiger partial charge in [0.25, 0.3) is 0 Å². The van der Waals surface area contributed by atoms with Crippen LogP contribution in [0.4, 0.5) is 0 Å². The monoisotopic (exact) mass is 239 g/mol. The van der Waals surface area contributed by atoms with Gasteiger partial charge < -0.3 is 11.1 Å². The van der Waals surface area contributed by atoms with E-state index in [9.17, 15) is 4.79 Å². The maximum atomic E-state index is 11.8. The van der Waals surface area contributed by atoms with E-state index in [1.54, 1.807) is 17.5 Å². The highest BCUT2D eigenvalue weighted by atomic mass is 32.1. The summed E-state index contributed by atoms with van der Waals surface area (Å²) in [6.45, 7) is 2.67. The fourth-order valence-corrected chi connectivity index (χ4v) is 2.47. The smallest absolute Gasteiger partial charge is 0.240 e. The van der Waals surface area contributed by atoms with Crippen LogP contribution in [0.15, 0.2) is 11.6 Å². The van der Waals surface area contributed by atoms with Gasteiger partial charge in [-0.15, -0.1) is 11.3 Å². The molecule has 1 aromatic heterocycles. The van der Waals surface area contributed by atoms with Crippen molar-refractivity contribution >= 4 is 17.2 Å². The van der Waals surface area contributed by atoms with Crippen LogP contribution in [-0.4, -0.2) is 23.0 Å². The van der Waals surface area contributed by atoms with Crippen molar-refractivity contribution in [2.75, 3.05) is 6.54 Å². The topological polar surface area (TPSA) is 68.0 Å². The van der Waals surface area contributed by atoms with Gasteiger partial charge in [-0.25, -0.2) is 4.98 Å². The van der Waals surface area contributed by atoms with E-state index < -0.39 is 5.54 Å². The molecule has 0 bridgehead atoms. The third-order valence-electron chi connectivity index (χ3n) is 3.14. The standard InChI is InChI=1S/C11H17N3OS/c1-8(9-13-5-6-16-9)7-14-10(15)11(12)3-2-4-11/h5-6,8H,2-4,7,12H2,1H3,(H,14,15). The molecule has 1 aliphatic carbocycles. The second kappa shape index (κ2) is 4.51. The van der Waals surface area contributed by atoms with E-state index in [-0.39, 0.29) is 11.8 Å². The minimum Gasteiger partial charge on any atom is -0.354 e. The number of carbonyl (C=O) groups excluding carboxylic acids is 1. The number of aromatic nitrogens is 1. The van der Waals surface area contributed by atoms with Gasteiger partial charge in [0.05, 0.1) is 10.5 Å². The SMILES string of the molecule is CC(CNC(=O)C1(N)CCC1)c1nccs1. The van der Waals surface area contributed by atoms with Crippen LogP contribution < -0.4 is 11.1 Å². The van der Waals surface area contributed by atoms with Crippen molar-refractivity contribution < 1.29 is 4.79 Å². The van der Waals surface area contributed by atoms with Gasteiger partial charge in [-0.1, -0.05) is 6.92 Å². The summed E-state index contributed by atoms with van der Waals surface area (Å²) in [6, 6.07) is 0. The molecule has 0 aromatic carbocycles. The highest BCUT2D eigenvalue weighted by molar-refractivity contribution is 7.09. The molecule has 1 saturated carbocycles. The lowest BCUT2D eigenvalue weighted by molar-refractivity contribution is -0.129. The largest absolute Gasteiger partial charge is 0.354 e. The van der Waals surface area contributed by atoms with Crippen molar-refractivity contribution in [3.05, 3.63) is 16.6 Å². The maximum absolute atomic E-state index is 11.8. The van der Waals surface area contributed by atoms with E-state index >= 15 is 0 Å². The zero-order chi connectivity index (χ0) is 11.6. The molecule has 1 atom stereocenters. The third kappa shape index (κ3) is 2.25. The first-order valence-corrected chi connectivity index (χ1v) is 6.46. The van der Waals surface area contributed by atoms with E-state index in [1.165, 1.54) is 0 Å². The number of nitrogens with one attached hydrogen (secondary N) is 1. The molecule has 16 heavy (non-hydrogen) atoms. The third-order valence-corrected chi connectivity index (χ3v) is 4.15. The number of nitrogens with zero attached hydrogens (tertiary/aromatic N) is 1. The van der Waals surface area contributed by atoms with Crippen molar-refractivity contribution in [2.45, 2.75) is 37.6 Å². The Labute approximate surface area is 99.3 Å². The molecule has 1 aromatic rings. The van der Waals surface area contributed by atoms with Gasteiger partial charge in [0.15, 0.2) is 0 Å². The van der Waals surface area contributed by atoms with Gasteiger partial charge >= 0.3 is 0 Å². The molecule has 3 N–H and O–H groups in total. The van der Waals surface area contributed by atoms with Crippen LogP contribution in [0.25, 0.3) is 0 Å². The van der Waals surface area contributed by atoms with E-state index in [1.807, 2.05) is 5.38 Å². The van der Waals surface area contributed by atoms with Gasteiger partial charge in [-0.05, 0) is 19.3 Å². The van der Waals surface area contributed by atoms with E-state index in [0.29, 0.717) is 6.54 Å². The lowest BCUT2D eigenvalue weighted by Crippen LogP contribution is -2.58. The summed E-state index contributed by atoms with van der Waals surface area (Å²) in [5, 5.41) is 5.92. The molecule has 0 radical (unpaired) electrons. The summed E-state index contributed by atoms with van der Waals surface area (Å²) in [5.41, 5.74) is 5.33. The average Bonchev–Trinajstić information content (AvgIpc) is 2.75. The first kappa shape index (κ1) is 11.5. The van der Waals surface area contributed by atoms with Crippen LogP contribution in [0.5, 0.6) is 0 Å². The number of carbonyl (C=O) groups is 1. The molecule has 1 unspecified atom stereocenters. The summed E-state index contributed by atoms with van der Waals surface area (Å²) in [7, 11) is 0. The summed E-state index contributed by atoms with van der Waals surface area (Å²) in [5.74, 6) is 0.245. The van der Waals surface area contributed by atoms with Crippen molar-refractivity contribution in [1.82, 2.24) is 10.3 Å². The lowest BCUT2D eigenvalue weighted by Gasteiger charge is -2.36. The molecular weight excluding hydrogens is 222 g/mol. The van der Waals surface area contributed by atoms with Crippen LogP contribution >= 0.6 is 11.3 Å². The molecule has 4 nitrogen and oxygen atoms in total. The second-order valence-corrected chi connectivity index (χ2v) is 5.42. The number of amides is 1. The van der Waals surface area contributed by atoms with E-state index in [0.717, 1.165) is 24.3 Å². The van der Waals surface area contributed by atoms with Crippen LogP contribution in [0.3, 0.4) is 0 Å². The molecule has 1 amide bonds. The molecule has 1 aliphatic rings. The zero-order valence-electron chi connectivity index (χ0n) is 9.40. The molecule has 1 heterocycles. The number of hydrogen-bond donors (Lipinski definition) is 2. The van der Waals surface area contributed by atoms with Crippen molar-refractivity contribution in [2.24, 2.45) is 5.73 Å². The van der Waals surface area contributed by atoms with Crippen molar-refractivity contribution in [3.63, 3.8) is 0 Å². The molecule has 0 spiro atoms. The fraction of sp³-hybridized carbons (Fsp3) is 0.636. The number of thiazole rings is 1. The molecule has 1 fully saturated rings. The summed E-state index contributed by atoms with van der Waals surface area (Å²) in [6.07, 6.45) is 4.47. The summed E-state index contributed by atoms with van der Waals surface area (Å²) >= 11 is 1.62. The first-order chi connectivity index (χ1) is 7.62. The van der Waals surface area contributed by atoms with Crippen LogP contribution in [0, 0.1) is 0 Å². The number of nitrogens with two attached hydrogens (primary N) is 1. The minimum atomic E-state index is -0.595. The predicted molar refractivity (Wildman–Crippen MR) is 64.3 cm³/mol. The molecule has 0 saturated heterocycles. The summed E-state index contributed by atoms with van der Waals surface area (Å²) < 4.78 is 0. The lowest BCUT2D eigenvalue weighted by atomic mass is 9.77. The molecule has 0 aliphatic heterocycles. The Hall–Kier alpha value is -0.940. The van der Waals surface area contributed by atoms with Gasteiger partial charge in [-0.2, -0.15) is 0 Å². The Morgan fingerprint density at radius 1 is 1.75 bits per heavy atom. The highest BCUT2D eigenvalue weighted by Crippen LogP contribution is 2.29. The summed E-state index contributed by atoms with van der Waals surface area (Å²) in [4.78, 5) is 16.0. The zero-order valence-corrected chi connectivity index (χ0v) is 10.2. The van der Waals surface area contributed by atoms with Crippen molar-refractivity contribution in [1.29, 1.82) is 0 Å². The van der Waals surface area contributed by atoms with Gasteiger partial charge in [0.2, 0.25) is 5.91 Å².